The highest BCUT2D eigenvalue weighted by atomic mass is 32.2. The lowest BCUT2D eigenvalue weighted by Gasteiger charge is -2.07. The van der Waals surface area contributed by atoms with E-state index in [-0.39, 0.29) is 23.1 Å². The second-order valence-electron chi connectivity index (χ2n) is 7.03. The zero-order chi connectivity index (χ0) is 23.4. The fourth-order valence-electron chi connectivity index (χ4n) is 2.93. The van der Waals surface area contributed by atoms with E-state index in [4.69, 9.17) is 5.73 Å². The molecular formula is C21H20N8O3S. The highest BCUT2D eigenvalue weighted by molar-refractivity contribution is 7.98. The van der Waals surface area contributed by atoms with E-state index in [2.05, 4.69) is 35.8 Å². The summed E-state index contributed by atoms with van der Waals surface area (Å²) in [5.41, 5.74) is 10.8. The normalized spacial score (nSPS) is 11.5. The molecule has 33 heavy (non-hydrogen) atoms. The minimum atomic E-state index is -0.578. The second-order valence-corrected chi connectivity index (χ2v) is 8.08. The molecule has 0 spiro atoms. The molecule has 168 valence electrons. The quantitative estimate of drug-likeness (QED) is 0.212. The number of phenols is 1. The lowest BCUT2D eigenvalue weighted by Crippen LogP contribution is -2.21. The molecule has 0 bridgehead atoms. The molecule has 4 N–H and O–H groups in total. The van der Waals surface area contributed by atoms with Crippen LogP contribution < -0.4 is 11.2 Å². The first-order valence-electron chi connectivity index (χ1n) is 9.79. The van der Waals surface area contributed by atoms with Gasteiger partial charge in [0, 0.05) is 16.2 Å². The first kappa shape index (κ1) is 22.0. The Bertz CT molecular complexity index is 1310. The van der Waals surface area contributed by atoms with Crippen LogP contribution in [-0.2, 0) is 5.75 Å². The van der Waals surface area contributed by atoms with Crippen molar-refractivity contribution >= 4 is 29.2 Å². The van der Waals surface area contributed by atoms with E-state index in [1.807, 2.05) is 31.2 Å². The fourth-order valence-corrected chi connectivity index (χ4v) is 3.82. The maximum atomic E-state index is 12.9. The molecule has 0 aliphatic carbocycles. The molecule has 4 rings (SSSR count). The molecule has 2 heterocycles. The monoisotopic (exact) mass is 464 g/mol. The maximum absolute atomic E-state index is 12.9. The zero-order valence-electron chi connectivity index (χ0n) is 17.8. The molecule has 0 aliphatic heterocycles. The molecule has 2 aromatic heterocycles. The van der Waals surface area contributed by atoms with Crippen LogP contribution in [0.2, 0.25) is 0 Å². The third-order valence-electron chi connectivity index (χ3n) is 4.69. The molecule has 0 aliphatic rings. The van der Waals surface area contributed by atoms with Gasteiger partial charge < -0.3 is 10.8 Å². The van der Waals surface area contributed by atoms with Gasteiger partial charge in [0.25, 0.3) is 5.91 Å². The summed E-state index contributed by atoms with van der Waals surface area (Å²) in [4.78, 5) is 13.9. The molecule has 12 heteroatoms. The summed E-state index contributed by atoms with van der Waals surface area (Å²) >= 11 is 1.49. The van der Waals surface area contributed by atoms with Crippen LogP contribution >= 0.6 is 11.8 Å². The van der Waals surface area contributed by atoms with Gasteiger partial charge in [-0.15, -0.1) is 16.9 Å². The van der Waals surface area contributed by atoms with Gasteiger partial charge in [-0.05, 0) is 48.4 Å². The lowest BCUT2D eigenvalue weighted by atomic mass is 10.1. The SMILES string of the molecule is C/C(=N\NC(=O)c1nnn(-c2nonc2N)c1CSc1ccc(C)cc1)c1ccccc1O. The Morgan fingerprint density at radius 2 is 1.97 bits per heavy atom. The zero-order valence-corrected chi connectivity index (χ0v) is 18.6. The van der Waals surface area contributed by atoms with Crippen molar-refractivity contribution in [2.45, 2.75) is 24.5 Å². The van der Waals surface area contributed by atoms with Crippen LogP contribution in [0, 0.1) is 6.92 Å². The standard InChI is InChI=1S/C21H20N8O3S/c1-12-7-9-14(10-8-12)33-11-16-18(24-28-29(16)20-19(22)26-32-27-20)21(31)25-23-13(2)15-5-3-4-6-17(15)30/h3-10,30H,11H2,1-2H3,(H2,22,26)(H,25,31)/b23-13+. The number of nitrogens with zero attached hydrogens (tertiary/aromatic N) is 6. The number of hydrogen-bond acceptors (Lipinski definition) is 10. The summed E-state index contributed by atoms with van der Waals surface area (Å²) in [5.74, 6) is -0.0293. The number of aromatic nitrogens is 5. The van der Waals surface area contributed by atoms with Crippen molar-refractivity contribution in [3.63, 3.8) is 0 Å². The number of anilines is 1. The van der Waals surface area contributed by atoms with Gasteiger partial charge in [0.05, 0.1) is 11.4 Å². The van der Waals surface area contributed by atoms with Crippen molar-refractivity contribution in [2.24, 2.45) is 5.10 Å². The number of benzene rings is 2. The van der Waals surface area contributed by atoms with Crippen LogP contribution in [0.3, 0.4) is 0 Å². The molecule has 2 aromatic carbocycles. The van der Waals surface area contributed by atoms with Gasteiger partial charge in [-0.25, -0.2) is 10.1 Å². The van der Waals surface area contributed by atoms with Crippen LogP contribution in [-0.4, -0.2) is 42.0 Å². The second kappa shape index (κ2) is 9.53. The van der Waals surface area contributed by atoms with Gasteiger partial charge in [0.1, 0.15) is 5.75 Å². The van der Waals surface area contributed by atoms with Crippen molar-refractivity contribution in [1.29, 1.82) is 0 Å². The van der Waals surface area contributed by atoms with E-state index >= 15 is 0 Å². The number of rotatable bonds is 7. The Balaban J connectivity index is 1.61. The Morgan fingerprint density at radius 3 is 2.67 bits per heavy atom. The van der Waals surface area contributed by atoms with Gasteiger partial charge >= 0.3 is 0 Å². The summed E-state index contributed by atoms with van der Waals surface area (Å²) in [7, 11) is 0. The van der Waals surface area contributed by atoms with E-state index in [0.29, 0.717) is 22.7 Å². The summed E-state index contributed by atoms with van der Waals surface area (Å²) in [6.45, 7) is 3.68. The summed E-state index contributed by atoms with van der Waals surface area (Å²) in [6.07, 6.45) is 0. The lowest BCUT2D eigenvalue weighted by molar-refractivity contribution is 0.0949. The summed E-state index contributed by atoms with van der Waals surface area (Å²) in [5, 5.41) is 29.4. The number of amides is 1. The first-order chi connectivity index (χ1) is 15.9. The first-order valence-corrected chi connectivity index (χ1v) is 10.8. The number of nitrogen functional groups attached to an aromatic ring is 1. The average Bonchev–Trinajstić information content (AvgIpc) is 3.42. The maximum Gasteiger partial charge on any atom is 0.293 e. The number of hydrazone groups is 1. The largest absolute Gasteiger partial charge is 0.507 e. The van der Waals surface area contributed by atoms with Crippen LogP contribution in [0.4, 0.5) is 5.82 Å². The van der Waals surface area contributed by atoms with Crippen molar-refractivity contribution in [3.8, 4) is 11.6 Å². The third kappa shape index (κ3) is 4.85. The number of nitrogens with two attached hydrogens (primary N) is 1. The number of aromatic hydroxyl groups is 1. The third-order valence-corrected chi connectivity index (χ3v) is 5.71. The Morgan fingerprint density at radius 1 is 1.21 bits per heavy atom. The van der Waals surface area contributed by atoms with Crippen LogP contribution in [0.1, 0.15) is 34.2 Å². The van der Waals surface area contributed by atoms with Gasteiger partial charge in [0.2, 0.25) is 11.6 Å². The number of hydrogen-bond donors (Lipinski definition) is 3. The van der Waals surface area contributed by atoms with Crippen molar-refractivity contribution in [2.75, 3.05) is 5.73 Å². The average molecular weight is 465 g/mol. The number of para-hydroxylation sites is 1. The number of carbonyl (C=O) groups is 1. The molecule has 11 nitrogen and oxygen atoms in total. The van der Waals surface area contributed by atoms with E-state index in [0.717, 1.165) is 10.5 Å². The van der Waals surface area contributed by atoms with E-state index < -0.39 is 5.91 Å². The van der Waals surface area contributed by atoms with E-state index in [1.54, 1.807) is 31.2 Å². The van der Waals surface area contributed by atoms with Crippen LogP contribution in [0.15, 0.2) is 63.2 Å². The van der Waals surface area contributed by atoms with Crippen molar-refractivity contribution < 1.29 is 14.5 Å². The van der Waals surface area contributed by atoms with Gasteiger partial charge in [0.15, 0.2) is 5.69 Å². The topological polar surface area (TPSA) is 157 Å². The Hall–Kier alpha value is -4.19. The number of nitrogens with one attached hydrogen (secondary N) is 1. The molecule has 4 aromatic rings. The molecule has 0 radical (unpaired) electrons. The van der Waals surface area contributed by atoms with Gasteiger partial charge in [-0.2, -0.15) is 9.78 Å². The molecule has 0 saturated carbocycles. The highest BCUT2D eigenvalue weighted by Crippen LogP contribution is 2.26. The predicted octanol–water partition coefficient (Wildman–Crippen LogP) is 2.69. The minimum absolute atomic E-state index is 0.0156. The molecular weight excluding hydrogens is 444 g/mol. The molecule has 0 saturated heterocycles. The van der Waals surface area contributed by atoms with E-state index in [1.165, 1.54) is 16.4 Å². The Kier molecular flexibility index (Phi) is 6.36. The molecule has 0 atom stereocenters. The van der Waals surface area contributed by atoms with Crippen molar-refractivity contribution in [3.05, 3.63) is 71.0 Å². The summed E-state index contributed by atoms with van der Waals surface area (Å²) < 4.78 is 5.99. The molecule has 0 unspecified atom stereocenters. The number of aryl methyl sites for hydroxylation is 1. The van der Waals surface area contributed by atoms with E-state index in [9.17, 15) is 9.90 Å². The van der Waals surface area contributed by atoms with Gasteiger partial charge in [-0.1, -0.05) is 35.0 Å². The van der Waals surface area contributed by atoms with Crippen molar-refractivity contribution in [1.82, 2.24) is 30.7 Å². The highest BCUT2D eigenvalue weighted by Gasteiger charge is 2.24. The Labute approximate surface area is 192 Å². The predicted molar refractivity (Wildman–Crippen MR) is 122 cm³/mol. The van der Waals surface area contributed by atoms with Crippen LogP contribution in [0.5, 0.6) is 5.75 Å². The number of carbonyl (C=O) groups excluding carboxylic acids is 1. The fraction of sp³-hybridized carbons (Fsp3) is 0.143. The number of thioether (sulfide) groups is 1. The molecule has 1 amide bonds. The number of phenolic OH excluding ortho intramolecular Hbond substituents is 1. The van der Waals surface area contributed by atoms with Gasteiger partial charge in [-0.3, -0.25) is 4.79 Å². The smallest absolute Gasteiger partial charge is 0.293 e. The summed E-state index contributed by atoms with van der Waals surface area (Å²) in [6, 6.07) is 14.7. The van der Waals surface area contributed by atoms with Crippen LogP contribution in [0.25, 0.3) is 5.82 Å². The minimum Gasteiger partial charge on any atom is -0.507 e. The molecule has 0 fully saturated rings.